The highest BCUT2D eigenvalue weighted by molar-refractivity contribution is 5.99. The van der Waals surface area contributed by atoms with Crippen LogP contribution in [0.3, 0.4) is 0 Å². The minimum absolute atomic E-state index is 0.228. The normalized spacial score (nSPS) is 27.0. The van der Waals surface area contributed by atoms with E-state index in [1.807, 2.05) is 30.3 Å². The van der Waals surface area contributed by atoms with Crippen molar-refractivity contribution in [1.82, 2.24) is 20.9 Å². The lowest BCUT2D eigenvalue weighted by molar-refractivity contribution is -0.144. The van der Waals surface area contributed by atoms with Crippen LogP contribution in [-0.2, 0) is 30.4 Å². The summed E-state index contributed by atoms with van der Waals surface area (Å²) in [6, 6.07) is 6.89. The summed E-state index contributed by atoms with van der Waals surface area (Å²) in [5.74, 6) is -1.83. The van der Waals surface area contributed by atoms with E-state index in [1.54, 1.807) is 13.8 Å². The molecule has 2 aliphatic rings. The molecule has 0 aliphatic carbocycles. The Kier molecular flexibility index (Phi) is 10.6. The Labute approximate surface area is 230 Å². The number of fused-ring (bicyclic) bond motifs is 1. The van der Waals surface area contributed by atoms with Crippen LogP contribution < -0.4 is 16.0 Å². The third-order valence-electron chi connectivity index (χ3n) is 7.85. The van der Waals surface area contributed by atoms with E-state index >= 15 is 0 Å². The maximum Gasteiger partial charge on any atom is 0.246 e. The number of hydrogen-bond acceptors (Lipinski definition) is 6. The van der Waals surface area contributed by atoms with E-state index in [-0.39, 0.29) is 36.9 Å². The van der Waals surface area contributed by atoms with Crippen molar-refractivity contribution < 1.29 is 29.1 Å². The Morgan fingerprint density at radius 3 is 2.44 bits per heavy atom. The van der Waals surface area contributed by atoms with Gasteiger partial charge in [-0.05, 0) is 51.5 Å². The smallest absolute Gasteiger partial charge is 0.246 e. The largest absolute Gasteiger partial charge is 0.386 e. The molecule has 2 fully saturated rings. The third kappa shape index (κ3) is 7.88. The Bertz CT molecular complexity index is 1050. The lowest BCUT2D eigenvalue weighted by Gasteiger charge is -2.36. The topological polar surface area (TPSA) is 145 Å². The highest BCUT2D eigenvalue weighted by Gasteiger charge is 2.43. The van der Waals surface area contributed by atoms with E-state index in [1.165, 1.54) is 11.8 Å². The van der Waals surface area contributed by atoms with E-state index in [4.69, 9.17) is 0 Å². The molecule has 0 radical (unpaired) electrons. The second-order valence-corrected chi connectivity index (χ2v) is 10.9. The van der Waals surface area contributed by atoms with Gasteiger partial charge in [-0.3, -0.25) is 24.0 Å². The number of amides is 4. The van der Waals surface area contributed by atoms with Gasteiger partial charge in [0.05, 0.1) is 0 Å². The van der Waals surface area contributed by atoms with Gasteiger partial charge in [0.25, 0.3) is 0 Å². The van der Waals surface area contributed by atoms with Crippen LogP contribution in [0.2, 0.25) is 0 Å². The number of rotatable bonds is 10. The maximum atomic E-state index is 13.7. The number of aliphatic hydroxyl groups excluding tert-OH is 1. The molecule has 0 aromatic heterocycles. The molecule has 0 spiro atoms. The van der Waals surface area contributed by atoms with Crippen LogP contribution in [0.15, 0.2) is 30.3 Å². The minimum Gasteiger partial charge on any atom is -0.386 e. The third-order valence-corrected chi connectivity index (χ3v) is 7.85. The maximum absolute atomic E-state index is 13.7. The van der Waals surface area contributed by atoms with Gasteiger partial charge in [-0.1, -0.05) is 50.1 Å². The molecule has 39 heavy (non-hydrogen) atoms. The van der Waals surface area contributed by atoms with Gasteiger partial charge in [-0.25, -0.2) is 0 Å². The highest BCUT2D eigenvalue weighted by Crippen LogP contribution is 2.22. The van der Waals surface area contributed by atoms with Crippen molar-refractivity contribution in [1.29, 1.82) is 0 Å². The zero-order valence-corrected chi connectivity index (χ0v) is 23.2. The monoisotopic (exact) mass is 542 g/mol. The predicted octanol–water partition coefficient (Wildman–Crippen LogP) is 1.39. The molecule has 1 aromatic carbocycles. The van der Waals surface area contributed by atoms with Gasteiger partial charge in [0.1, 0.15) is 29.8 Å². The van der Waals surface area contributed by atoms with Crippen molar-refractivity contribution in [2.75, 3.05) is 6.54 Å². The van der Waals surface area contributed by atoms with Crippen LogP contribution in [0.1, 0.15) is 77.7 Å². The van der Waals surface area contributed by atoms with E-state index in [2.05, 4.69) is 16.0 Å². The average molecular weight is 543 g/mol. The molecule has 3 rings (SSSR count). The highest BCUT2D eigenvalue weighted by atomic mass is 16.3. The van der Waals surface area contributed by atoms with Crippen molar-refractivity contribution >= 4 is 29.4 Å². The number of aliphatic hydroxyl groups is 1. The van der Waals surface area contributed by atoms with Gasteiger partial charge in [0, 0.05) is 19.4 Å². The molecule has 0 unspecified atom stereocenters. The summed E-state index contributed by atoms with van der Waals surface area (Å²) in [4.78, 5) is 67.2. The average Bonchev–Trinajstić information content (AvgIpc) is 3.41. The summed E-state index contributed by atoms with van der Waals surface area (Å²) in [7, 11) is 0. The van der Waals surface area contributed by atoms with Crippen LogP contribution in [0.4, 0.5) is 0 Å². The molecule has 5 atom stereocenters. The predicted molar refractivity (Wildman–Crippen MR) is 145 cm³/mol. The number of carbonyl (C=O) groups is 5. The Balaban J connectivity index is 1.81. The lowest BCUT2D eigenvalue weighted by atomic mass is 9.94. The lowest BCUT2D eigenvalue weighted by Crippen LogP contribution is -2.65. The van der Waals surface area contributed by atoms with E-state index in [0.717, 1.165) is 5.56 Å². The van der Waals surface area contributed by atoms with Crippen molar-refractivity contribution in [3.63, 3.8) is 0 Å². The first-order valence-electron chi connectivity index (χ1n) is 14.0. The molecule has 214 valence electrons. The molecular weight excluding hydrogens is 500 g/mol. The summed E-state index contributed by atoms with van der Waals surface area (Å²) in [5.41, 5.74) is -0.413. The number of ketones is 1. The first-order valence-corrected chi connectivity index (χ1v) is 14.0. The number of nitrogens with one attached hydrogen (secondary N) is 3. The van der Waals surface area contributed by atoms with Crippen LogP contribution >= 0.6 is 0 Å². The SMILES string of the molecule is CC[C@]1(C)NC(=O)[C@H](CCCCCC(=O)[C@@H](C)O)NC(=O)[C@@H]2CCCN2C(=O)[C@H](Cc2ccccc2)NC1=O. The van der Waals surface area contributed by atoms with Gasteiger partial charge < -0.3 is 26.0 Å². The fraction of sp³-hybridized carbons (Fsp3) is 0.621. The summed E-state index contributed by atoms with van der Waals surface area (Å²) in [5, 5.41) is 17.9. The number of carbonyl (C=O) groups excluding carboxylic acids is 5. The molecule has 2 saturated heterocycles. The summed E-state index contributed by atoms with van der Waals surface area (Å²) in [6.45, 7) is 5.24. The van der Waals surface area contributed by atoms with Crippen LogP contribution in [0, 0.1) is 0 Å². The molecule has 4 amide bonds. The van der Waals surface area contributed by atoms with Crippen LogP contribution in [0.5, 0.6) is 0 Å². The molecule has 10 heteroatoms. The summed E-state index contributed by atoms with van der Waals surface area (Å²) in [6.07, 6.45) is 3.01. The summed E-state index contributed by atoms with van der Waals surface area (Å²) < 4.78 is 0. The molecule has 2 aliphatic heterocycles. The fourth-order valence-corrected chi connectivity index (χ4v) is 5.11. The molecule has 0 bridgehead atoms. The second kappa shape index (κ2) is 13.7. The van der Waals surface area contributed by atoms with Gasteiger partial charge >= 0.3 is 0 Å². The molecule has 2 heterocycles. The number of unbranched alkanes of at least 4 members (excludes halogenated alkanes) is 2. The Hall–Kier alpha value is -3.27. The van der Waals surface area contributed by atoms with Gasteiger partial charge in [-0.2, -0.15) is 0 Å². The van der Waals surface area contributed by atoms with E-state index < -0.39 is 41.6 Å². The van der Waals surface area contributed by atoms with Crippen molar-refractivity contribution in [3.8, 4) is 0 Å². The van der Waals surface area contributed by atoms with Crippen LogP contribution in [-0.4, -0.2) is 75.7 Å². The minimum atomic E-state index is -1.29. The fourth-order valence-electron chi connectivity index (χ4n) is 5.11. The summed E-state index contributed by atoms with van der Waals surface area (Å²) >= 11 is 0. The van der Waals surface area contributed by atoms with Gasteiger partial charge in [0.15, 0.2) is 5.78 Å². The Morgan fingerprint density at radius 1 is 1.05 bits per heavy atom. The molecular formula is C29H42N4O6. The number of hydrogen-bond donors (Lipinski definition) is 4. The van der Waals surface area contributed by atoms with Crippen molar-refractivity contribution in [3.05, 3.63) is 35.9 Å². The molecule has 1 aromatic rings. The zero-order valence-electron chi connectivity index (χ0n) is 23.2. The Morgan fingerprint density at radius 2 is 1.77 bits per heavy atom. The zero-order chi connectivity index (χ0) is 28.6. The number of benzene rings is 1. The number of nitrogens with zero attached hydrogens (tertiary/aromatic N) is 1. The first-order chi connectivity index (χ1) is 18.6. The van der Waals surface area contributed by atoms with E-state index in [0.29, 0.717) is 45.1 Å². The first kappa shape index (κ1) is 30.3. The van der Waals surface area contributed by atoms with Crippen molar-refractivity contribution in [2.24, 2.45) is 0 Å². The molecule has 4 N–H and O–H groups in total. The van der Waals surface area contributed by atoms with E-state index in [9.17, 15) is 29.1 Å². The number of Topliss-reactive ketones (excluding diaryl/α,β-unsaturated/α-hetero) is 1. The molecule has 0 saturated carbocycles. The second-order valence-electron chi connectivity index (χ2n) is 10.9. The quantitative estimate of drug-likeness (QED) is 0.329. The molecule has 10 nitrogen and oxygen atoms in total. The van der Waals surface area contributed by atoms with Crippen LogP contribution in [0.25, 0.3) is 0 Å². The van der Waals surface area contributed by atoms with Gasteiger partial charge in [0.2, 0.25) is 23.6 Å². The standard InChI is InChI=1S/C29H42N4O6/c1-4-29(3)28(39)31-22(18-20-12-7-5-8-13-20)27(38)33-17-11-15-23(33)26(37)30-21(25(36)32-29)14-9-6-10-16-24(35)19(2)34/h5,7-8,12-13,19,21-23,34H,4,6,9-11,14-18H2,1-3H3,(H,30,37)(H,31,39)(H,32,36)/t19-,21+,22+,23+,29+/m1/s1. The van der Waals surface area contributed by atoms with Gasteiger partial charge in [-0.15, -0.1) is 0 Å². The van der Waals surface area contributed by atoms with Crippen molar-refractivity contribution in [2.45, 2.75) is 108 Å².